The molecule has 0 spiro atoms. The second-order valence-electron chi connectivity index (χ2n) is 10.2. The first-order valence-corrected chi connectivity index (χ1v) is 13.4. The molecule has 0 unspecified atom stereocenters. The molecule has 0 saturated carbocycles. The summed E-state index contributed by atoms with van der Waals surface area (Å²) in [4.78, 5) is 66.9. The fraction of sp³-hybridized carbons (Fsp3) is 0.333. The molecular formula is C27H28N10O5. The van der Waals surface area contributed by atoms with Crippen molar-refractivity contribution in [3.05, 3.63) is 57.5 Å². The molecule has 0 aliphatic carbocycles. The minimum absolute atomic E-state index is 0.0720. The average Bonchev–Trinajstić information content (AvgIpc) is 3.58. The normalized spacial score (nSPS) is 14.8. The van der Waals surface area contributed by atoms with E-state index in [2.05, 4.69) is 25.4 Å². The summed E-state index contributed by atoms with van der Waals surface area (Å²) in [5, 5.41) is 17.6. The summed E-state index contributed by atoms with van der Waals surface area (Å²) in [6.07, 6.45) is 1.87. The molecule has 4 aromatic rings. The van der Waals surface area contributed by atoms with Crippen LogP contribution in [0.3, 0.4) is 0 Å². The minimum atomic E-state index is -0.608. The standard InChI is InChI=1S/C27H28N10O5/c1-3-18-22(34-6-8-35(9-7-34)25(41)21-23(40)14(2)29-13-30-21)26(42)37-27(36(18)12-19(28)38)32-24(33-37)15-4-5-17-16(10-15)11-20(39)31-17/h4-5,10,13,40H,3,6-9,11-12H2,1-2H3,(H2,28,38)(H,31,39). The molecule has 3 aromatic heterocycles. The number of carbonyl (C=O) groups excluding carboxylic acids is 3. The monoisotopic (exact) mass is 572 g/mol. The van der Waals surface area contributed by atoms with Crippen LogP contribution in [0.4, 0.5) is 11.4 Å². The van der Waals surface area contributed by atoms with E-state index < -0.39 is 17.4 Å². The van der Waals surface area contributed by atoms with E-state index in [1.165, 1.54) is 10.8 Å². The van der Waals surface area contributed by atoms with Gasteiger partial charge in [-0.05, 0) is 37.1 Å². The van der Waals surface area contributed by atoms with Gasteiger partial charge in [-0.25, -0.2) is 9.97 Å². The zero-order valence-electron chi connectivity index (χ0n) is 23.0. The van der Waals surface area contributed by atoms with E-state index in [0.29, 0.717) is 42.1 Å². The quantitative estimate of drug-likeness (QED) is 0.280. The molecule has 1 fully saturated rings. The lowest BCUT2D eigenvalue weighted by Crippen LogP contribution is -2.51. The second-order valence-corrected chi connectivity index (χ2v) is 10.2. The topological polar surface area (TPSA) is 194 Å². The third kappa shape index (κ3) is 4.48. The van der Waals surface area contributed by atoms with Crippen LogP contribution in [-0.4, -0.2) is 83.0 Å². The van der Waals surface area contributed by atoms with Gasteiger partial charge in [0, 0.05) is 37.4 Å². The van der Waals surface area contributed by atoms with Gasteiger partial charge in [-0.2, -0.15) is 9.50 Å². The zero-order chi connectivity index (χ0) is 29.7. The van der Waals surface area contributed by atoms with Gasteiger partial charge in [0.2, 0.25) is 17.6 Å². The van der Waals surface area contributed by atoms with Crippen LogP contribution in [0.25, 0.3) is 17.2 Å². The Balaban J connectivity index is 1.37. The van der Waals surface area contributed by atoms with E-state index in [-0.39, 0.29) is 55.0 Å². The highest BCUT2D eigenvalue weighted by Crippen LogP contribution is 2.29. The summed E-state index contributed by atoms with van der Waals surface area (Å²) < 4.78 is 2.77. The molecule has 5 heterocycles. The summed E-state index contributed by atoms with van der Waals surface area (Å²) in [6, 6.07) is 5.33. The van der Waals surface area contributed by atoms with Crippen LogP contribution in [-0.2, 0) is 29.0 Å². The van der Waals surface area contributed by atoms with Crippen LogP contribution in [0.5, 0.6) is 5.75 Å². The maximum atomic E-state index is 13.9. The van der Waals surface area contributed by atoms with E-state index in [1.54, 1.807) is 34.6 Å². The van der Waals surface area contributed by atoms with Gasteiger partial charge in [0.25, 0.3) is 11.5 Å². The Bertz CT molecular complexity index is 1840. The Kier molecular flexibility index (Phi) is 6.55. The van der Waals surface area contributed by atoms with Gasteiger partial charge in [-0.1, -0.05) is 6.92 Å². The minimum Gasteiger partial charge on any atom is -0.504 e. The van der Waals surface area contributed by atoms with E-state index in [4.69, 9.17) is 5.73 Å². The van der Waals surface area contributed by atoms with Gasteiger partial charge in [0.1, 0.15) is 18.6 Å². The van der Waals surface area contributed by atoms with Crippen LogP contribution in [0, 0.1) is 6.92 Å². The summed E-state index contributed by atoms with van der Waals surface area (Å²) in [5.41, 5.74) is 8.48. The molecule has 3 amide bonds. The van der Waals surface area contributed by atoms with Gasteiger partial charge in [0.15, 0.2) is 17.3 Å². The number of rotatable bonds is 6. The summed E-state index contributed by atoms with van der Waals surface area (Å²) in [5.74, 6) is -0.958. The van der Waals surface area contributed by atoms with Gasteiger partial charge in [0.05, 0.1) is 17.8 Å². The lowest BCUT2D eigenvalue weighted by atomic mass is 10.1. The van der Waals surface area contributed by atoms with Crippen molar-refractivity contribution >= 4 is 34.9 Å². The summed E-state index contributed by atoms with van der Waals surface area (Å²) in [7, 11) is 0. The van der Waals surface area contributed by atoms with E-state index in [0.717, 1.165) is 11.3 Å². The number of benzene rings is 1. The Morgan fingerprint density at radius 1 is 1.12 bits per heavy atom. The maximum absolute atomic E-state index is 13.9. The van der Waals surface area contributed by atoms with Crippen molar-refractivity contribution in [1.29, 1.82) is 0 Å². The number of nitrogens with two attached hydrogens (primary N) is 1. The number of amides is 3. The Morgan fingerprint density at radius 3 is 2.60 bits per heavy atom. The van der Waals surface area contributed by atoms with Gasteiger partial charge in [-0.15, -0.1) is 5.10 Å². The molecule has 4 N–H and O–H groups in total. The molecule has 1 aromatic carbocycles. The molecule has 2 aliphatic heterocycles. The largest absolute Gasteiger partial charge is 0.504 e. The fourth-order valence-corrected chi connectivity index (χ4v) is 5.48. The lowest BCUT2D eigenvalue weighted by Gasteiger charge is -2.36. The predicted octanol–water partition coefficient (Wildman–Crippen LogP) is -0.133. The first-order chi connectivity index (χ1) is 20.2. The number of hydrogen-bond donors (Lipinski definition) is 3. The number of aromatic hydroxyl groups is 1. The summed E-state index contributed by atoms with van der Waals surface area (Å²) in [6.45, 7) is 4.40. The highest BCUT2D eigenvalue weighted by molar-refractivity contribution is 5.99. The molecule has 15 nitrogen and oxygen atoms in total. The predicted molar refractivity (Wildman–Crippen MR) is 150 cm³/mol. The third-order valence-electron chi connectivity index (χ3n) is 7.55. The summed E-state index contributed by atoms with van der Waals surface area (Å²) >= 11 is 0. The van der Waals surface area contributed by atoms with E-state index in [9.17, 15) is 24.3 Å². The first-order valence-electron chi connectivity index (χ1n) is 13.4. The van der Waals surface area contributed by atoms with Crippen molar-refractivity contribution < 1.29 is 19.5 Å². The van der Waals surface area contributed by atoms with E-state index >= 15 is 0 Å². The molecule has 42 heavy (non-hydrogen) atoms. The molecule has 15 heteroatoms. The van der Waals surface area contributed by atoms with Crippen molar-refractivity contribution in [3.63, 3.8) is 0 Å². The second kappa shape index (κ2) is 10.2. The molecule has 2 aliphatic rings. The number of hydrogen-bond acceptors (Lipinski definition) is 10. The Morgan fingerprint density at radius 2 is 1.88 bits per heavy atom. The number of fused-ring (bicyclic) bond motifs is 2. The van der Waals surface area contributed by atoms with Crippen molar-refractivity contribution in [2.45, 2.75) is 33.2 Å². The van der Waals surface area contributed by atoms with Crippen LogP contribution in [0.2, 0.25) is 0 Å². The number of aryl methyl sites for hydroxylation is 1. The Labute approximate surface area is 238 Å². The molecule has 216 valence electrons. The molecule has 0 radical (unpaired) electrons. The number of anilines is 2. The molecular weight excluding hydrogens is 544 g/mol. The first kappa shape index (κ1) is 26.9. The number of nitrogens with zero attached hydrogens (tertiary/aromatic N) is 8. The van der Waals surface area contributed by atoms with Gasteiger partial charge < -0.3 is 30.5 Å². The van der Waals surface area contributed by atoms with Gasteiger partial charge >= 0.3 is 0 Å². The number of primary amides is 1. The third-order valence-corrected chi connectivity index (χ3v) is 7.55. The number of aromatic nitrogens is 6. The lowest BCUT2D eigenvalue weighted by molar-refractivity contribution is -0.118. The van der Waals surface area contributed by atoms with Crippen molar-refractivity contribution in [2.75, 3.05) is 36.4 Å². The van der Waals surface area contributed by atoms with Crippen molar-refractivity contribution in [2.24, 2.45) is 5.73 Å². The maximum Gasteiger partial charge on any atom is 0.299 e. The Hall–Kier alpha value is -5.34. The van der Waals surface area contributed by atoms with Crippen LogP contribution in [0.15, 0.2) is 29.3 Å². The smallest absolute Gasteiger partial charge is 0.299 e. The number of carbonyl (C=O) groups is 3. The molecule has 6 rings (SSSR count). The van der Waals surface area contributed by atoms with Crippen LogP contribution in [0.1, 0.15) is 34.4 Å². The highest BCUT2D eigenvalue weighted by Gasteiger charge is 2.30. The average molecular weight is 573 g/mol. The van der Waals surface area contributed by atoms with E-state index in [1.807, 2.05) is 11.8 Å². The zero-order valence-corrected chi connectivity index (χ0v) is 23.0. The molecule has 1 saturated heterocycles. The highest BCUT2D eigenvalue weighted by atomic mass is 16.3. The number of piperazine rings is 1. The van der Waals surface area contributed by atoms with Crippen LogP contribution < -0.4 is 21.5 Å². The molecule has 0 atom stereocenters. The number of nitrogens with one attached hydrogen (secondary N) is 1. The SMILES string of the molecule is CCc1c(N2CCN(C(=O)c3ncnc(C)c3O)CC2)c(=O)n2nc(-c3ccc4c(c3)CC(=O)N4)nc2n1CC(N)=O. The molecule has 0 bridgehead atoms. The van der Waals surface area contributed by atoms with Gasteiger partial charge in [-0.3, -0.25) is 19.2 Å². The van der Waals surface area contributed by atoms with Crippen molar-refractivity contribution in [3.8, 4) is 17.1 Å². The van der Waals surface area contributed by atoms with Crippen LogP contribution >= 0.6 is 0 Å². The fourth-order valence-electron chi connectivity index (χ4n) is 5.48. The van der Waals surface area contributed by atoms with Crippen molar-refractivity contribution in [1.82, 2.24) is 34.0 Å².